The van der Waals surface area contributed by atoms with Crippen molar-refractivity contribution in [2.24, 2.45) is 11.3 Å². The second-order valence-corrected chi connectivity index (χ2v) is 9.50. The molecule has 126 valence electrons. The highest BCUT2D eigenvalue weighted by molar-refractivity contribution is 7.91. The fourth-order valence-corrected chi connectivity index (χ4v) is 6.42. The molecule has 3 fully saturated rings. The minimum absolute atomic E-state index is 0.0377. The normalized spacial score (nSPS) is 32.8. The Morgan fingerprint density at radius 2 is 2.04 bits per heavy atom. The quantitative estimate of drug-likeness (QED) is 0.898. The van der Waals surface area contributed by atoms with Gasteiger partial charge in [0.25, 0.3) is 0 Å². The fraction of sp³-hybridized carbons (Fsp3) is 0.667. The van der Waals surface area contributed by atoms with Crippen LogP contribution in [0.4, 0.5) is 0 Å². The molecular formula is C18H25NO3S. The predicted molar refractivity (Wildman–Crippen MR) is 89.0 cm³/mol. The molecule has 0 amide bonds. The third-order valence-electron chi connectivity index (χ3n) is 6.07. The van der Waals surface area contributed by atoms with Gasteiger partial charge in [-0.05, 0) is 38.3 Å². The van der Waals surface area contributed by atoms with Crippen LogP contribution in [0.2, 0.25) is 0 Å². The number of hydrogen-bond donors (Lipinski definition) is 1. The number of hydrogen-bond acceptors (Lipinski definition) is 4. The van der Waals surface area contributed by atoms with Gasteiger partial charge in [0.1, 0.15) is 0 Å². The molecule has 0 aromatic heterocycles. The van der Waals surface area contributed by atoms with E-state index in [1.54, 1.807) is 24.3 Å². The molecule has 4 atom stereocenters. The van der Waals surface area contributed by atoms with Crippen LogP contribution in [0.25, 0.3) is 0 Å². The van der Waals surface area contributed by atoms with E-state index in [0.29, 0.717) is 28.4 Å². The van der Waals surface area contributed by atoms with Crippen molar-refractivity contribution in [1.29, 1.82) is 0 Å². The van der Waals surface area contributed by atoms with Crippen LogP contribution in [0.15, 0.2) is 35.2 Å². The molecule has 2 aliphatic carbocycles. The Bertz CT molecular complexity index is 669. The van der Waals surface area contributed by atoms with Gasteiger partial charge in [-0.25, -0.2) is 8.42 Å². The van der Waals surface area contributed by atoms with Crippen LogP contribution >= 0.6 is 0 Å². The average Bonchev–Trinajstić information content (AvgIpc) is 2.89. The topological polar surface area (TPSA) is 55.4 Å². The maximum absolute atomic E-state index is 12.5. The molecule has 3 aliphatic rings. The molecule has 4 rings (SSSR count). The van der Waals surface area contributed by atoms with Gasteiger partial charge < -0.3 is 10.1 Å². The summed E-state index contributed by atoms with van der Waals surface area (Å²) in [5.74, 6) is 0.735. The van der Waals surface area contributed by atoms with E-state index in [-0.39, 0.29) is 11.8 Å². The summed E-state index contributed by atoms with van der Waals surface area (Å²) in [6.07, 6.45) is 5.27. The van der Waals surface area contributed by atoms with Gasteiger partial charge in [0.15, 0.2) is 9.84 Å². The molecule has 23 heavy (non-hydrogen) atoms. The number of fused-ring (bicyclic) bond motifs is 2. The van der Waals surface area contributed by atoms with Gasteiger partial charge in [0.05, 0.1) is 16.8 Å². The van der Waals surface area contributed by atoms with Crippen LogP contribution < -0.4 is 5.32 Å². The smallest absolute Gasteiger partial charge is 0.179 e. The monoisotopic (exact) mass is 335 g/mol. The maximum Gasteiger partial charge on any atom is 0.179 e. The van der Waals surface area contributed by atoms with E-state index in [9.17, 15) is 8.42 Å². The summed E-state index contributed by atoms with van der Waals surface area (Å²) in [6.45, 7) is 2.86. The SMILES string of the molecule is C[C@H](CS(=O)(=O)c1ccccc1)N[C@@H]1[C@H]2CCO[C@@H]2C12CCC2. The van der Waals surface area contributed by atoms with E-state index >= 15 is 0 Å². The summed E-state index contributed by atoms with van der Waals surface area (Å²) in [7, 11) is -3.23. The molecule has 0 bridgehead atoms. The molecule has 4 nitrogen and oxygen atoms in total. The largest absolute Gasteiger partial charge is 0.377 e. The lowest BCUT2D eigenvalue weighted by molar-refractivity contribution is -0.177. The van der Waals surface area contributed by atoms with E-state index in [2.05, 4.69) is 5.32 Å². The molecule has 1 N–H and O–H groups in total. The Hall–Kier alpha value is -0.910. The van der Waals surface area contributed by atoms with Crippen molar-refractivity contribution in [3.8, 4) is 0 Å². The minimum Gasteiger partial charge on any atom is -0.377 e. The van der Waals surface area contributed by atoms with Gasteiger partial charge in [-0.1, -0.05) is 24.6 Å². The summed E-state index contributed by atoms with van der Waals surface area (Å²) >= 11 is 0. The lowest BCUT2D eigenvalue weighted by Crippen LogP contribution is -2.72. The molecule has 1 aromatic rings. The Morgan fingerprint density at radius 1 is 1.30 bits per heavy atom. The first-order valence-corrected chi connectivity index (χ1v) is 10.3. The van der Waals surface area contributed by atoms with Gasteiger partial charge in [-0.2, -0.15) is 0 Å². The molecule has 1 aromatic carbocycles. The minimum atomic E-state index is -3.23. The molecule has 0 radical (unpaired) electrons. The van der Waals surface area contributed by atoms with E-state index in [1.807, 2.05) is 13.0 Å². The summed E-state index contributed by atoms with van der Waals surface area (Å²) < 4.78 is 31.0. The van der Waals surface area contributed by atoms with Gasteiger partial charge in [0, 0.05) is 30.0 Å². The van der Waals surface area contributed by atoms with Crippen LogP contribution in [0.5, 0.6) is 0 Å². The van der Waals surface area contributed by atoms with Crippen molar-refractivity contribution in [2.75, 3.05) is 12.4 Å². The number of ether oxygens (including phenoxy) is 1. The number of rotatable bonds is 5. The highest BCUT2D eigenvalue weighted by atomic mass is 32.2. The van der Waals surface area contributed by atoms with Crippen LogP contribution in [0, 0.1) is 11.3 Å². The third kappa shape index (κ3) is 2.44. The zero-order valence-electron chi connectivity index (χ0n) is 13.6. The molecule has 5 heteroatoms. The molecule has 1 spiro atoms. The molecule has 2 saturated carbocycles. The van der Waals surface area contributed by atoms with Gasteiger partial charge in [0.2, 0.25) is 0 Å². The first kappa shape index (κ1) is 15.6. The molecule has 1 aliphatic heterocycles. The third-order valence-corrected chi connectivity index (χ3v) is 8.00. The summed E-state index contributed by atoms with van der Waals surface area (Å²) in [4.78, 5) is 0.419. The first-order chi connectivity index (χ1) is 11.0. The second kappa shape index (κ2) is 5.57. The van der Waals surface area contributed by atoms with Gasteiger partial charge in [-0.15, -0.1) is 0 Å². The number of benzene rings is 1. The van der Waals surface area contributed by atoms with Crippen LogP contribution in [0.1, 0.15) is 32.6 Å². The van der Waals surface area contributed by atoms with E-state index in [1.165, 1.54) is 19.3 Å². The highest BCUT2D eigenvalue weighted by Crippen LogP contribution is 2.62. The summed E-state index contributed by atoms with van der Waals surface area (Å²) in [5, 5.41) is 3.65. The van der Waals surface area contributed by atoms with Crippen molar-refractivity contribution in [1.82, 2.24) is 5.32 Å². The Morgan fingerprint density at radius 3 is 2.70 bits per heavy atom. The van der Waals surface area contributed by atoms with Gasteiger partial charge >= 0.3 is 0 Å². The standard InChI is InChI=1S/C18H25NO3S/c1-13(12-23(20,21)14-6-3-2-4-7-14)19-16-15-8-11-22-17(15)18(16)9-5-10-18/h2-4,6-7,13,15-17,19H,5,8-12H2,1H3/t13-,15-,16-,17+/m1/s1. The number of sulfone groups is 1. The molecular weight excluding hydrogens is 310 g/mol. The fourth-order valence-electron chi connectivity index (χ4n) is 4.90. The van der Waals surface area contributed by atoms with Crippen molar-refractivity contribution < 1.29 is 13.2 Å². The zero-order valence-corrected chi connectivity index (χ0v) is 14.4. The van der Waals surface area contributed by atoms with Crippen molar-refractivity contribution >= 4 is 9.84 Å². The average molecular weight is 335 g/mol. The van der Waals surface area contributed by atoms with E-state index < -0.39 is 9.84 Å². The molecule has 1 saturated heterocycles. The summed E-state index contributed by atoms with van der Waals surface area (Å²) in [6, 6.07) is 9.16. The Balaban J connectivity index is 1.43. The van der Waals surface area contributed by atoms with Crippen LogP contribution in [-0.2, 0) is 14.6 Å². The van der Waals surface area contributed by atoms with Crippen molar-refractivity contribution in [2.45, 2.75) is 55.7 Å². The van der Waals surface area contributed by atoms with Crippen LogP contribution in [-0.4, -0.2) is 39.0 Å². The lowest BCUT2D eigenvalue weighted by atomic mass is 9.46. The number of nitrogens with one attached hydrogen (secondary N) is 1. The van der Waals surface area contributed by atoms with E-state index in [4.69, 9.17) is 4.74 Å². The maximum atomic E-state index is 12.5. The first-order valence-electron chi connectivity index (χ1n) is 8.68. The predicted octanol–water partition coefficient (Wildman–Crippen LogP) is 2.40. The highest BCUT2D eigenvalue weighted by Gasteiger charge is 2.66. The van der Waals surface area contributed by atoms with Crippen LogP contribution in [0.3, 0.4) is 0 Å². The molecule has 1 heterocycles. The van der Waals surface area contributed by atoms with E-state index in [0.717, 1.165) is 13.0 Å². The Labute approximate surface area is 138 Å². The van der Waals surface area contributed by atoms with Crippen molar-refractivity contribution in [3.63, 3.8) is 0 Å². The molecule has 0 unspecified atom stereocenters. The Kier molecular flexibility index (Phi) is 3.78. The second-order valence-electron chi connectivity index (χ2n) is 7.47. The zero-order chi connectivity index (χ0) is 16.1. The summed E-state index contributed by atoms with van der Waals surface area (Å²) in [5.41, 5.74) is 0.298. The van der Waals surface area contributed by atoms with Gasteiger partial charge in [-0.3, -0.25) is 0 Å². The van der Waals surface area contributed by atoms with Crippen molar-refractivity contribution in [3.05, 3.63) is 30.3 Å². The lowest BCUT2D eigenvalue weighted by Gasteiger charge is -2.64.